The first-order chi connectivity index (χ1) is 6.92. The monoisotopic (exact) mass is 188 g/mol. The van der Waals surface area contributed by atoms with Gasteiger partial charge in [0.05, 0.1) is 0 Å². The number of benzene rings is 1. The third-order valence-electron chi connectivity index (χ3n) is 2.35. The van der Waals surface area contributed by atoms with Crippen LogP contribution < -0.4 is 0 Å². The Labute approximate surface area is 83.1 Å². The van der Waals surface area contributed by atoms with Gasteiger partial charge >= 0.3 is 0 Å². The molecule has 1 aromatic rings. The normalized spacial score (nSPS) is 15.8. The van der Waals surface area contributed by atoms with Crippen molar-refractivity contribution in [2.24, 2.45) is 0 Å². The Morgan fingerprint density at radius 3 is 2.64 bits per heavy atom. The second kappa shape index (κ2) is 4.11. The van der Waals surface area contributed by atoms with E-state index in [1.54, 1.807) is 0 Å². The van der Waals surface area contributed by atoms with Gasteiger partial charge in [-0.15, -0.1) is 0 Å². The summed E-state index contributed by atoms with van der Waals surface area (Å²) in [5.74, 6) is 0.558. The molecule has 0 saturated carbocycles. The zero-order chi connectivity index (χ0) is 9.80. The molecule has 14 heavy (non-hydrogen) atoms. The lowest BCUT2D eigenvalue weighted by Gasteiger charge is -2.13. The van der Waals surface area contributed by atoms with Gasteiger partial charge in [0, 0.05) is 5.57 Å². The number of rotatable bonds is 2. The van der Waals surface area contributed by atoms with Crippen molar-refractivity contribution in [3.05, 3.63) is 53.8 Å². The van der Waals surface area contributed by atoms with Gasteiger partial charge in [-0.3, -0.25) is 0 Å². The first-order valence-electron chi connectivity index (χ1n) is 4.68. The first-order valence-corrected chi connectivity index (χ1v) is 4.68. The Kier molecular flexibility index (Phi) is 2.65. The number of hydrogen-bond acceptors (Lipinski definition) is 2. The van der Waals surface area contributed by atoms with Crippen LogP contribution in [0.2, 0.25) is 0 Å². The van der Waals surface area contributed by atoms with E-state index >= 15 is 0 Å². The van der Waals surface area contributed by atoms with E-state index in [0.29, 0.717) is 5.76 Å². The summed E-state index contributed by atoms with van der Waals surface area (Å²) < 4.78 is 0. The smallest absolute Gasteiger partial charge is 0.168 e. The third kappa shape index (κ3) is 1.70. The van der Waals surface area contributed by atoms with Crippen molar-refractivity contribution in [3.8, 4) is 0 Å². The fraction of sp³-hybridized carbons (Fsp3) is 0.167. The lowest BCUT2D eigenvalue weighted by Crippen LogP contribution is -1.96. The van der Waals surface area contributed by atoms with Gasteiger partial charge in [0.1, 0.15) is 0 Å². The highest BCUT2D eigenvalue weighted by molar-refractivity contribution is 5.70. The van der Waals surface area contributed by atoms with E-state index in [4.69, 9.17) is 5.26 Å². The third-order valence-corrected chi connectivity index (χ3v) is 2.35. The Bertz CT molecular complexity index is 363. The highest BCUT2D eigenvalue weighted by Crippen LogP contribution is 2.28. The Morgan fingerprint density at radius 2 is 1.93 bits per heavy atom. The van der Waals surface area contributed by atoms with E-state index < -0.39 is 0 Å². The van der Waals surface area contributed by atoms with Crippen LogP contribution in [0.4, 0.5) is 0 Å². The maximum atomic E-state index is 8.71. The molecule has 2 rings (SSSR count). The predicted octanol–water partition coefficient (Wildman–Crippen LogP) is 3.24. The van der Waals surface area contributed by atoms with Crippen LogP contribution in [0.1, 0.15) is 18.4 Å². The van der Waals surface area contributed by atoms with E-state index in [2.05, 4.69) is 4.89 Å². The quantitative estimate of drug-likeness (QED) is 0.570. The second-order valence-corrected chi connectivity index (χ2v) is 3.24. The van der Waals surface area contributed by atoms with Crippen LogP contribution >= 0.6 is 0 Å². The maximum absolute atomic E-state index is 8.71. The minimum atomic E-state index is 0.558. The largest absolute Gasteiger partial charge is 0.340 e. The molecule has 0 unspecified atom stereocenters. The Morgan fingerprint density at radius 1 is 1.14 bits per heavy atom. The fourth-order valence-corrected chi connectivity index (χ4v) is 1.65. The number of allylic oxidation sites excluding steroid dienone is 3. The minimum Gasteiger partial charge on any atom is -0.340 e. The molecule has 0 radical (unpaired) electrons. The topological polar surface area (TPSA) is 29.5 Å². The molecule has 1 aromatic carbocycles. The van der Waals surface area contributed by atoms with Gasteiger partial charge in [-0.2, -0.15) is 0 Å². The Balaban J connectivity index is 2.41. The minimum absolute atomic E-state index is 0.558. The zero-order valence-corrected chi connectivity index (χ0v) is 7.81. The highest BCUT2D eigenvalue weighted by atomic mass is 17.1. The zero-order valence-electron chi connectivity index (χ0n) is 7.81. The van der Waals surface area contributed by atoms with Gasteiger partial charge in [-0.05, 0) is 24.5 Å². The van der Waals surface area contributed by atoms with Gasteiger partial charge < -0.3 is 4.89 Å². The second-order valence-electron chi connectivity index (χ2n) is 3.24. The lowest BCUT2D eigenvalue weighted by atomic mass is 9.96. The fourth-order valence-electron chi connectivity index (χ4n) is 1.65. The van der Waals surface area contributed by atoms with Gasteiger partial charge in [-0.1, -0.05) is 36.4 Å². The molecule has 0 aromatic heterocycles. The van der Waals surface area contributed by atoms with E-state index in [9.17, 15) is 0 Å². The van der Waals surface area contributed by atoms with Crippen LogP contribution in [0.5, 0.6) is 0 Å². The van der Waals surface area contributed by atoms with Gasteiger partial charge in [0.2, 0.25) is 0 Å². The molecule has 0 saturated heterocycles. The highest BCUT2D eigenvalue weighted by Gasteiger charge is 2.11. The van der Waals surface area contributed by atoms with Crippen LogP contribution in [0.25, 0.3) is 5.57 Å². The summed E-state index contributed by atoms with van der Waals surface area (Å²) in [4.78, 5) is 4.35. The SMILES string of the molecule is OOC1=C(c2ccccc2)CCC=C1. The Hall–Kier alpha value is -1.54. The van der Waals surface area contributed by atoms with Crippen LogP contribution in [-0.4, -0.2) is 5.26 Å². The van der Waals surface area contributed by atoms with Gasteiger partial charge in [-0.25, -0.2) is 5.26 Å². The first kappa shape index (κ1) is 9.03. The molecule has 1 N–H and O–H groups in total. The van der Waals surface area contributed by atoms with Crippen molar-refractivity contribution in [1.29, 1.82) is 0 Å². The van der Waals surface area contributed by atoms with Gasteiger partial charge in [0.25, 0.3) is 0 Å². The standard InChI is InChI=1S/C12H12O2/c13-14-12-9-5-4-8-11(12)10-6-2-1-3-7-10/h1-3,5-7,9,13H,4,8H2. The molecule has 2 heteroatoms. The molecule has 0 amide bonds. The summed E-state index contributed by atoms with van der Waals surface area (Å²) in [5, 5.41) is 8.71. The predicted molar refractivity (Wildman–Crippen MR) is 55.4 cm³/mol. The average Bonchev–Trinajstić information content (AvgIpc) is 2.30. The summed E-state index contributed by atoms with van der Waals surface area (Å²) in [5.41, 5.74) is 2.18. The summed E-state index contributed by atoms with van der Waals surface area (Å²) >= 11 is 0. The summed E-state index contributed by atoms with van der Waals surface area (Å²) in [6.45, 7) is 0. The van der Waals surface area contributed by atoms with E-state index in [-0.39, 0.29) is 0 Å². The van der Waals surface area contributed by atoms with Crippen LogP contribution in [0.3, 0.4) is 0 Å². The van der Waals surface area contributed by atoms with Crippen LogP contribution in [0, 0.1) is 0 Å². The van der Waals surface area contributed by atoms with Crippen molar-refractivity contribution >= 4 is 5.57 Å². The summed E-state index contributed by atoms with van der Waals surface area (Å²) in [6.07, 6.45) is 5.72. The molecule has 0 bridgehead atoms. The lowest BCUT2D eigenvalue weighted by molar-refractivity contribution is -0.197. The average molecular weight is 188 g/mol. The summed E-state index contributed by atoms with van der Waals surface area (Å²) in [7, 11) is 0. The van der Waals surface area contributed by atoms with Gasteiger partial charge in [0.15, 0.2) is 5.76 Å². The van der Waals surface area contributed by atoms with E-state index in [0.717, 1.165) is 24.0 Å². The van der Waals surface area contributed by atoms with Crippen molar-refractivity contribution in [2.45, 2.75) is 12.8 Å². The molecule has 0 aliphatic heterocycles. The molecular weight excluding hydrogens is 176 g/mol. The van der Waals surface area contributed by atoms with Crippen LogP contribution in [-0.2, 0) is 4.89 Å². The molecule has 1 aliphatic carbocycles. The molecule has 72 valence electrons. The van der Waals surface area contributed by atoms with Crippen molar-refractivity contribution in [3.63, 3.8) is 0 Å². The van der Waals surface area contributed by atoms with Crippen molar-refractivity contribution < 1.29 is 10.1 Å². The molecule has 2 nitrogen and oxygen atoms in total. The number of hydrogen-bond donors (Lipinski definition) is 1. The molecule has 0 heterocycles. The van der Waals surface area contributed by atoms with E-state index in [1.165, 1.54) is 0 Å². The van der Waals surface area contributed by atoms with E-state index in [1.807, 2.05) is 42.5 Å². The molecular formula is C12H12O2. The summed E-state index contributed by atoms with van der Waals surface area (Å²) in [6, 6.07) is 9.98. The van der Waals surface area contributed by atoms with Crippen molar-refractivity contribution in [1.82, 2.24) is 0 Å². The molecule has 0 fully saturated rings. The molecule has 1 aliphatic rings. The van der Waals surface area contributed by atoms with Crippen molar-refractivity contribution in [2.75, 3.05) is 0 Å². The maximum Gasteiger partial charge on any atom is 0.168 e. The molecule has 0 spiro atoms. The molecule has 0 atom stereocenters. The van der Waals surface area contributed by atoms with Crippen LogP contribution in [0.15, 0.2) is 48.2 Å².